The number of aryl methyl sites for hydroxylation is 1. The molecule has 0 bridgehead atoms. The molecule has 5 nitrogen and oxygen atoms in total. The number of carbonyl (C=O) groups excluding carboxylic acids is 2. The summed E-state index contributed by atoms with van der Waals surface area (Å²) in [6.07, 6.45) is 1.46. The molecule has 6 heteroatoms. The maximum atomic E-state index is 13.4. The van der Waals surface area contributed by atoms with E-state index in [2.05, 4.69) is 5.32 Å². The van der Waals surface area contributed by atoms with Gasteiger partial charge >= 0.3 is 5.97 Å². The summed E-state index contributed by atoms with van der Waals surface area (Å²) in [5, 5.41) is 2.71. The molecule has 1 heterocycles. The van der Waals surface area contributed by atoms with E-state index in [1.165, 1.54) is 13.2 Å². The fraction of sp³-hybridized carbons (Fsp3) is 0.500. The van der Waals surface area contributed by atoms with Crippen molar-refractivity contribution in [3.05, 3.63) is 29.6 Å². The summed E-state index contributed by atoms with van der Waals surface area (Å²) in [7, 11) is 1.40. The average Bonchev–Trinajstić information content (AvgIpc) is 2.51. The molecule has 0 saturated carbocycles. The van der Waals surface area contributed by atoms with Crippen LogP contribution in [-0.2, 0) is 14.3 Å². The monoisotopic (exact) mass is 309 g/mol. The summed E-state index contributed by atoms with van der Waals surface area (Å²) >= 11 is 0. The SMILES string of the molecule is COC(=O)C1CC[NH+](CC(=O)Nc2ccc(C)c(F)c2)CC1. The summed E-state index contributed by atoms with van der Waals surface area (Å²) in [6.45, 7) is 3.52. The molecule has 120 valence electrons. The maximum Gasteiger partial charge on any atom is 0.309 e. The summed E-state index contributed by atoms with van der Waals surface area (Å²) in [4.78, 5) is 24.6. The third-order valence-corrected chi connectivity index (χ3v) is 4.09. The van der Waals surface area contributed by atoms with Crippen molar-refractivity contribution >= 4 is 17.6 Å². The van der Waals surface area contributed by atoms with Gasteiger partial charge in [-0.05, 0) is 24.6 Å². The van der Waals surface area contributed by atoms with Crippen molar-refractivity contribution in [2.45, 2.75) is 19.8 Å². The van der Waals surface area contributed by atoms with E-state index in [9.17, 15) is 14.0 Å². The van der Waals surface area contributed by atoms with Gasteiger partial charge in [-0.1, -0.05) is 6.07 Å². The Kier molecular flexibility index (Phi) is 5.49. The van der Waals surface area contributed by atoms with Crippen LogP contribution in [0.15, 0.2) is 18.2 Å². The smallest absolute Gasteiger partial charge is 0.309 e. The number of quaternary nitrogens is 1. The summed E-state index contributed by atoms with van der Waals surface area (Å²) in [6, 6.07) is 4.65. The number of methoxy groups -OCH3 is 1. The van der Waals surface area contributed by atoms with E-state index in [0.29, 0.717) is 17.8 Å². The van der Waals surface area contributed by atoms with E-state index < -0.39 is 0 Å². The molecule has 0 radical (unpaired) electrons. The number of carbonyl (C=O) groups is 2. The first kappa shape index (κ1) is 16.4. The number of nitrogens with one attached hydrogen (secondary N) is 2. The molecular formula is C16H22FN2O3+. The molecule has 0 aliphatic carbocycles. The van der Waals surface area contributed by atoms with Gasteiger partial charge in [0.2, 0.25) is 0 Å². The van der Waals surface area contributed by atoms with Crippen LogP contribution < -0.4 is 10.2 Å². The van der Waals surface area contributed by atoms with Crippen LogP contribution in [0.25, 0.3) is 0 Å². The highest BCUT2D eigenvalue weighted by molar-refractivity contribution is 5.91. The number of benzene rings is 1. The molecule has 0 spiro atoms. The number of hydrogen-bond donors (Lipinski definition) is 2. The average molecular weight is 309 g/mol. The van der Waals surface area contributed by atoms with Crippen molar-refractivity contribution in [2.24, 2.45) is 5.92 Å². The molecule has 1 saturated heterocycles. The summed E-state index contributed by atoms with van der Waals surface area (Å²) in [5.41, 5.74) is 1.02. The molecule has 22 heavy (non-hydrogen) atoms. The van der Waals surface area contributed by atoms with Gasteiger partial charge in [-0.2, -0.15) is 0 Å². The Morgan fingerprint density at radius 1 is 1.36 bits per heavy atom. The van der Waals surface area contributed by atoms with Gasteiger partial charge in [-0.15, -0.1) is 0 Å². The standard InChI is InChI=1S/C16H21FN2O3/c1-11-3-4-13(9-14(11)17)18-15(20)10-19-7-5-12(6-8-19)16(21)22-2/h3-4,9,12H,5-8,10H2,1-2H3,(H,18,20)/p+1. The normalized spacial score (nSPS) is 21.2. The Morgan fingerprint density at radius 2 is 2.05 bits per heavy atom. The van der Waals surface area contributed by atoms with Crippen molar-refractivity contribution < 1.29 is 23.6 Å². The van der Waals surface area contributed by atoms with Gasteiger partial charge in [0.1, 0.15) is 5.82 Å². The second-order valence-electron chi connectivity index (χ2n) is 5.74. The van der Waals surface area contributed by atoms with E-state index >= 15 is 0 Å². The van der Waals surface area contributed by atoms with E-state index in [-0.39, 0.29) is 23.6 Å². The van der Waals surface area contributed by atoms with Crippen molar-refractivity contribution in [2.75, 3.05) is 32.1 Å². The van der Waals surface area contributed by atoms with Crippen LogP contribution in [0.5, 0.6) is 0 Å². The van der Waals surface area contributed by atoms with E-state index in [4.69, 9.17) is 4.74 Å². The van der Waals surface area contributed by atoms with Crippen LogP contribution in [0.2, 0.25) is 0 Å². The second-order valence-corrected chi connectivity index (χ2v) is 5.74. The zero-order valence-corrected chi connectivity index (χ0v) is 12.9. The molecule has 2 rings (SSSR count). The second kappa shape index (κ2) is 7.35. The van der Waals surface area contributed by atoms with E-state index in [1.54, 1.807) is 19.1 Å². The first-order chi connectivity index (χ1) is 10.5. The van der Waals surface area contributed by atoms with Crippen LogP contribution in [0.3, 0.4) is 0 Å². The lowest BCUT2D eigenvalue weighted by Crippen LogP contribution is -3.14. The predicted octanol–water partition coefficient (Wildman–Crippen LogP) is 0.541. The molecule has 0 aromatic heterocycles. The predicted molar refractivity (Wildman–Crippen MR) is 80.1 cm³/mol. The number of rotatable bonds is 4. The summed E-state index contributed by atoms with van der Waals surface area (Å²) in [5.74, 6) is -0.694. The van der Waals surface area contributed by atoms with E-state index in [0.717, 1.165) is 30.8 Å². The van der Waals surface area contributed by atoms with Crippen LogP contribution in [0, 0.1) is 18.7 Å². The number of hydrogen-bond acceptors (Lipinski definition) is 3. The minimum atomic E-state index is -0.330. The maximum absolute atomic E-state index is 13.4. The molecule has 0 atom stereocenters. The fourth-order valence-electron chi connectivity index (χ4n) is 2.71. The van der Waals surface area contributed by atoms with Crippen LogP contribution >= 0.6 is 0 Å². The third-order valence-electron chi connectivity index (χ3n) is 4.09. The van der Waals surface area contributed by atoms with Gasteiger partial charge in [0.15, 0.2) is 6.54 Å². The van der Waals surface area contributed by atoms with Crippen molar-refractivity contribution in [1.82, 2.24) is 0 Å². The lowest BCUT2D eigenvalue weighted by molar-refractivity contribution is -0.897. The molecule has 1 aliphatic rings. The number of likely N-dealkylation sites (tertiary alicyclic amines) is 1. The lowest BCUT2D eigenvalue weighted by atomic mass is 9.97. The minimum absolute atomic E-state index is 0.0528. The van der Waals surface area contributed by atoms with Gasteiger partial charge in [-0.25, -0.2) is 4.39 Å². The lowest BCUT2D eigenvalue weighted by Gasteiger charge is -2.27. The quantitative estimate of drug-likeness (QED) is 0.798. The molecule has 1 amide bonds. The zero-order valence-electron chi connectivity index (χ0n) is 12.9. The van der Waals surface area contributed by atoms with Crippen LogP contribution in [-0.4, -0.2) is 38.6 Å². The van der Waals surface area contributed by atoms with Crippen molar-refractivity contribution in [1.29, 1.82) is 0 Å². The van der Waals surface area contributed by atoms with Crippen molar-refractivity contribution in [3.63, 3.8) is 0 Å². The molecule has 1 aromatic carbocycles. The molecule has 2 N–H and O–H groups in total. The van der Waals surface area contributed by atoms with Crippen molar-refractivity contribution in [3.8, 4) is 0 Å². The number of anilines is 1. The van der Waals surface area contributed by atoms with Gasteiger partial charge < -0.3 is 15.0 Å². The largest absolute Gasteiger partial charge is 0.469 e. The van der Waals surface area contributed by atoms with Crippen LogP contribution in [0.4, 0.5) is 10.1 Å². The Labute approximate surface area is 129 Å². The third kappa shape index (κ3) is 4.27. The Hall–Kier alpha value is -1.95. The first-order valence-corrected chi connectivity index (χ1v) is 7.47. The molecular weight excluding hydrogens is 287 g/mol. The molecule has 0 unspecified atom stereocenters. The first-order valence-electron chi connectivity index (χ1n) is 7.47. The molecule has 1 aromatic rings. The van der Waals surface area contributed by atoms with Gasteiger partial charge in [0.25, 0.3) is 5.91 Å². The molecule has 1 aliphatic heterocycles. The van der Waals surface area contributed by atoms with Gasteiger partial charge in [-0.3, -0.25) is 9.59 Å². The highest BCUT2D eigenvalue weighted by Gasteiger charge is 2.29. The summed E-state index contributed by atoms with van der Waals surface area (Å²) < 4.78 is 18.2. The van der Waals surface area contributed by atoms with E-state index in [1.807, 2.05) is 0 Å². The number of halogens is 1. The Morgan fingerprint density at radius 3 is 2.64 bits per heavy atom. The number of esters is 1. The number of ether oxygens (including phenoxy) is 1. The number of piperidine rings is 1. The van der Waals surface area contributed by atoms with Crippen LogP contribution in [0.1, 0.15) is 18.4 Å². The number of amides is 1. The highest BCUT2D eigenvalue weighted by Crippen LogP contribution is 2.13. The Balaban J connectivity index is 1.80. The minimum Gasteiger partial charge on any atom is -0.469 e. The fourth-order valence-corrected chi connectivity index (χ4v) is 2.71. The zero-order chi connectivity index (χ0) is 16.1. The Bertz CT molecular complexity index is 554. The van der Waals surface area contributed by atoms with Gasteiger partial charge in [0, 0.05) is 18.5 Å². The highest BCUT2D eigenvalue weighted by atomic mass is 19.1. The topological polar surface area (TPSA) is 59.8 Å². The molecule has 1 fully saturated rings. The van der Waals surface area contributed by atoms with Gasteiger partial charge in [0.05, 0.1) is 26.1 Å².